The van der Waals surface area contributed by atoms with Crippen LogP contribution >= 0.6 is 11.6 Å². The Hall–Kier alpha value is -1.35. The zero-order valence-electron chi connectivity index (χ0n) is 13.5. The zero-order valence-corrected chi connectivity index (χ0v) is 14.2. The Labute approximate surface area is 130 Å². The average molecular weight is 309 g/mol. The number of halogens is 2. The number of hydrogen-bond donors (Lipinski definition) is 0. The van der Waals surface area contributed by atoms with E-state index in [2.05, 4.69) is 47.6 Å². The number of benzene rings is 1. The predicted molar refractivity (Wildman–Crippen MR) is 85.9 cm³/mol. The zero-order chi connectivity index (χ0) is 16.0. The lowest BCUT2D eigenvalue weighted by Crippen LogP contribution is -2.17. The molecule has 0 radical (unpaired) electrons. The van der Waals surface area contributed by atoms with Gasteiger partial charge in [-0.05, 0) is 18.2 Å². The Morgan fingerprint density at radius 3 is 2.10 bits per heavy atom. The Balaban J connectivity index is 2.66. The van der Waals surface area contributed by atoms with Crippen LogP contribution in [-0.2, 0) is 10.8 Å². The van der Waals surface area contributed by atoms with Crippen LogP contribution < -0.4 is 0 Å². The molecular weight excluding hydrogens is 287 g/mol. The molecule has 1 aromatic heterocycles. The maximum Gasteiger partial charge on any atom is 0.143 e. The standard InChI is InChI=1S/C17H22ClFN2/c1-16(2,3)14-10-15(17(4,5)6)21(20-14)11-7-8-12(18)13(19)9-11/h7-10H,1-6H3. The van der Waals surface area contributed by atoms with E-state index in [1.54, 1.807) is 12.1 Å². The molecule has 1 aromatic carbocycles. The minimum absolute atomic E-state index is 0.0593. The highest BCUT2D eigenvalue weighted by Crippen LogP contribution is 2.31. The lowest BCUT2D eigenvalue weighted by Gasteiger charge is -2.20. The minimum atomic E-state index is -0.429. The van der Waals surface area contributed by atoms with Crippen LogP contribution in [0.15, 0.2) is 24.3 Å². The summed E-state index contributed by atoms with van der Waals surface area (Å²) in [6.45, 7) is 12.7. The summed E-state index contributed by atoms with van der Waals surface area (Å²) < 4.78 is 15.6. The third kappa shape index (κ3) is 3.29. The van der Waals surface area contributed by atoms with Crippen LogP contribution in [0.1, 0.15) is 52.9 Å². The molecule has 114 valence electrons. The smallest absolute Gasteiger partial charge is 0.143 e. The summed E-state index contributed by atoms with van der Waals surface area (Å²) in [5.41, 5.74) is 2.58. The molecule has 2 nitrogen and oxygen atoms in total. The van der Waals surface area contributed by atoms with Gasteiger partial charge in [0.15, 0.2) is 0 Å². The van der Waals surface area contributed by atoms with Crippen molar-refractivity contribution in [1.82, 2.24) is 9.78 Å². The van der Waals surface area contributed by atoms with Gasteiger partial charge in [0.25, 0.3) is 0 Å². The quantitative estimate of drug-likeness (QED) is 0.702. The van der Waals surface area contributed by atoms with Crippen molar-refractivity contribution >= 4 is 11.6 Å². The summed E-state index contributed by atoms with van der Waals surface area (Å²) in [5.74, 6) is -0.429. The normalized spacial score (nSPS) is 12.8. The van der Waals surface area contributed by atoms with Gasteiger partial charge in [-0.25, -0.2) is 9.07 Å². The molecule has 0 aliphatic carbocycles. The predicted octanol–water partition coefficient (Wildman–Crippen LogP) is 5.26. The number of aromatic nitrogens is 2. The molecular formula is C17H22ClFN2. The molecule has 0 aliphatic rings. The SMILES string of the molecule is CC(C)(C)c1cc(C(C)(C)C)n(-c2ccc(Cl)c(F)c2)n1. The van der Waals surface area contributed by atoms with E-state index in [-0.39, 0.29) is 15.9 Å². The topological polar surface area (TPSA) is 17.8 Å². The van der Waals surface area contributed by atoms with Gasteiger partial charge in [-0.2, -0.15) is 5.10 Å². The van der Waals surface area contributed by atoms with Crippen LogP contribution in [0.25, 0.3) is 5.69 Å². The monoisotopic (exact) mass is 308 g/mol. The summed E-state index contributed by atoms with van der Waals surface area (Å²) in [6.07, 6.45) is 0. The lowest BCUT2D eigenvalue weighted by atomic mass is 9.88. The first-order chi connectivity index (χ1) is 9.50. The van der Waals surface area contributed by atoms with Crippen LogP contribution in [0.3, 0.4) is 0 Å². The molecule has 0 saturated carbocycles. The van der Waals surface area contributed by atoms with Crippen LogP contribution in [0.4, 0.5) is 4.39 Å². The molecule has 21 heavy (non-hydrogen) atoms. The number of hydrogen-bond acceptors (Lipinski definition) is 1. The van der Waals surface area contributed by atoms with E-state index >= 15 is 0 Å². The van der Waals surface area contributed by atoms with E-state index in [0.29, 0.717) is 5.69 Å². The van der Waals surface area contributed by atoms with Crippen molar-refractivity contribution in [3.8, 4) is 5.69 Å². The van der Waals surface area contributed by atoms with Crippen LogP contribution in [-0.4, -0.2) is 9.78 Å². The van der Waals surface area contributed by atoms with Gasteiger partial charge in [0.2, 0.25) is 0 Å². The number of nitrogens with zero attached hydrogens (tertiary/aromatic N) is 2. The molecule has 0 aliphatic heterocycles. The van der Waals surface area contributed by atoms with E-state index in [1.807, 2.05) is 4.68 Å². The van der Waals surface area contributed by atoms with Gasteiger partial charge < -0.3 is 0 Å². The molecule has 0 atom stereocenters. The fourth-order valence-electron chi connectivity index (χ4n) is 2.10. The second-order valence-corrected chi connectivity index (χ2v) is 7.83. The first-order valence-electron chi connectivity index (χ1n) is 7.06. The van der Waals surface area contributed by atoms with Gasteiger partial charge in [0, 0.05) is 22.6 Å². The molecule has 0 amide bonds. The Morgan fingerprint density at radius 1 is 1.00 bits per heavy atom. The fraction of sp³-hybridized carbons (Fsp3) is 0.471. The molecule has 4 heteroatoms. The Bertz CT molecular complexity index is 660. The second-order valence-electron chi connectivity index (χ2n) is 7.43. The van der Waals surface area contributed by atoms with Gasteiger partial charge in [0.05, 0.1) is 16.4 Å². The summed E-state index contributed by atoms with van der Waals surface area (Å²) in [5, 5.41) is 4.82. The van der Waals surface area contributed by atoms with Crippen molar-refractivity contribution < 1.29 is 4.39 Å². The highest BCUT2D eigenvalue weighted by molar-refractivity contribution is 6.30. The third-order valence-corrected chi connectivity index (χ3v) is 3.70. The molecule has 0 fully saturated rings. The van der Waals surface area contributed by atoms with Crippen molar-refractivity contribution in [3.63, 3.8) is 0 Å². The number of rotatable bonds is 1. The average Bonchev–Trinajstić information content (AvgIpc) is 2.77. The fourth-order valence-corrected chi connectivity index (χ4v) is 2.21. The van der Waals surface area contributed by atoms with E-state index in [4.69, 9.17) is 16.7 Å². The van der Waals surface area contributed by atoms with Crippen LogP contribution in [0.5, 0.6) is 0 Å². The first kappa shape index (κ1) is 16.0. The molecule has 0 bridgehead atoms. The molecule has 0 spiro atoms. The van der Waals surface area contributed by atoms with Crippen molar-refractivity contribution in [1.29, 1.82) is 0 Å². The van der Waals surface area contributed by atoms with E-state index < -0.39 is 5.82 Å². The van der Waals surface area contributed by atoms with Gasteiger partial charge in [-0.1, -0.05) is 53.1 Å². The van der Waals surface area contributed by atoms with Gasteiger partial charge in [0.1, 0.15) is 5.82 Å². The third-order valence-electron chi connectivity index (χ3n) is 3.39. The largest absolute Gasteiger partial charge is 0.237 e. The summed E-state index contributed by atoms with van der Waals surface area (Å²) >= 11 is 5.77. The molecule has 2 rings (SSSR count). The molecule has 0 N–H and O–H groups in total. The Kier molecular flexibility index (Phi) is 3.92. The Morgan fingerprint density at radius 2 is 1.62 bits per heavy atom. The molecule has 0 unspecified atom stereocenters. The summed E-state index contributed by atoms with van der Waals surface area (Å²) in [7, 11) is 0. The van der Waals surface area contributed by atoms with E-state index in [0.717, 1.165) is 11.4 Å². The van der Waals surface area contributed by atoms with E-state index in [1.165, 1.54) is 6.07 Å². The van der Waals surface area contributed by atoms with Crippen molar-refractivity contribution in [2.75, 3.05) is 0 Å². The summed E-state index contributed by atoms with van der Waals surface area (Å²) in [4.78, 5) is 0. The van der Waals surface area contributed by atoms with Crippen LogP contribution in [0.2, 0.25) is 5.02 Å². The molecule has 1 heterocycles. The highest BCUT2D eigenvalue weighted by atomic mass is 35.5. The van der Waals surface area contributed by atoms with Crippen LogP contribution in [0, 0.1) is 5.82 Å². The lowest BCUT2D eigenvalue weighted by molar-refractivity contribution is 0.535. The highest BCUT2D eigenvalue weighted by Gasteiger charge is 2.26. The minimum Gasteiger partial charge on any atom is -0.237 e. The van der Waals surface area contributed by atoms with Gasteiger partial charge >= 0.3 is 0 Å². The van der Waals surface area contributed by atoms with Crippen molar-refractivity contribution in [2.45, 2.75) is 52.4 Å². The molecule has 0 saturated heterocycles. The van der Waals surface area contributed by atoms with Crippen molar-refractivity contribution in [3.05, 3.63) is 46.5 Å². The second kappa shape index (κ2) is 5.13. The first-order valence-corrected chi connectivity index (χ1v) is 7.44. The maximum absolute atomic E-state index is 13.8. The van der Waals surface area contributed by atoms with Gasteiger partial charge in [-0.3, -0.25) is 0 Å². The maximum atomic E-state index is 13.8. The molecule has 2 aromatic rings. The van der Waals surface area contributed by atoms with E-state index in [9.17, 15) is 4.39 Å². The summed E-state index contributed by atoms with van der Waals surface area (Å²) in [6, 6.07) is 6.89. The van der Waals surface area contributed by atoms with Gasteiger partial charge in [-0.15, -0.1) is 0 Å². The van der Waals surface area contributed by atoms with Crippen molar-refractivity contribution in [2.24, 2.45) is 0 Å².